The second-order valence-corrected chi connectivity index (χ2v) is 3.52. The van der Waals surface area contributed by atoms with E-state index in [1.165, 1.54) is 26.7 Å². The Balaban J connectivity index is 2.73. The maximum absolute atomic E-state index is 10.5. The van der Waals surface area contributed by atoms with E-state index in [0.717, 1.165) is 5.06 Å². The molecule has 0 N–H and O–H groups in total. The third-order valence-electron chi connectivity index (χ3n) is 0.728. The highest BCUT2D eigenvalue weighted by atomic mass is 32.9. The first kappa shape index (κ1) is 6.77. The van der Waals surface area contributed by atoms with Gasteiger partial charge in [0.05, 0.1) is 12.7 Å². The van der Waals surface area contributed by atoms with Crippen molar-refractivity contribution in [3.05, 3.63) is 15.6 Å². The zero-order valence-corrected chi connectivity index (χ0v) is 6.55. The third-order valence-corrected chi connectivity index (χ3v) is 2.73. The van der Waals surface area contributed by atoms with Crippen molar-refractivity contribution in [3.63, 3.8) is 0 Å². The van der Waals surface area contributed by atoms with E-state index in [1.807, 2.05) is 6.92 Å². The highest BCUT2D eigenvalue weighted by molar-refractivity contribution is 7.69. The minimum atomic E-state index is 0.0726. The molecular weight excluding hydrogens is 156 g/mol. The van der Waals surface area contributed by atoms with Crippen LogP contribution in [0, 0.1) is 0 Å². The third kappa shape index (κ3) is 1.80. The Labute approximate surface area is 60.1 Å². The first-order chi connectivity index (χ1) is 4.33. The molecule has 4 heteroatoms. The van der Waals surface area contributed by atoms with Crippen LogP contribution < -0.4 is 9.48 Å². The fourth-order valence-corrected chi connectivity index (χ4v) is 2.08. The molecule has 9 heavy (non-hydrogen) atoms. The van der Waals surface area contributed by atoms with Crippen LogP contribution in [-0.2, 0) is 0 Å². The van der Waals surface area contributed by atoms with E-state index in [4.69, 9.17) is 4.74 Å². The van der Waals surface area contributed by atoms with E-state index in [2.05, 4.69) is 0 Å². The van der Waals surface area contributed by atoms with E-state index in [-0.39, 0.29) is 4.74 Å². The molecule has 0 unspecified atom stereocenters. The fourth-order valence-electron chi connectivity index (χ4n) is 0.434. The molecule has 1 aromatic heterocycles. The molecule has 0 aliphatic rings. The van der Waals surface area contributed by atoms with Gasteiger partial charge in [0.25, 0.3) is 0 Å². The number of ether oxygens (including phenoxy) is 1. The Kier molecular flexibility index (Phi) is 2.24. The van der Waals surface area contributed by atoms with Crippen molar-refractivity contribution in [2.75, 3.05) is 6.61 Å². The number of rotatable bonds is 2. The van der Waals surface area contributed by atoms with Crippen LogP contribution in [0.15, 0.2) is 10.9 Å². The van der Waals surface area contributed by atoms with Crippen LogP contribution in [0.4, 0.5) is 0 Å². The van der Waals surface area contributed by atoms with E-state index in [0.29, 0.717) is 6.61 Å². The van der Waals surface area contributed by atoms with Gasteiger partial charge in [-0.3, -0.25) is 4.79 Å². The molecule has 0 amide bonds. The van der Waals surface area contributed by atoms with Gasteiger partial charge < -0.3 is 4.74 Å². The smallest absolute Gasteiger partial charge is 0.246 e. The molecule has 0 radical (unpaired) electrons. The normalized spacial score (nSPS) is 9.44. The molecule has 50 valence electrons. The predicted octanol–water partition coefficient (Wildman–Crippen LogP) is 1.57. The summed E-state index contributed by atoms with van der Waals surface area (Å²) in [5.41, 5.74) is 0. The number of hydrogen-bond acceptors (Lipinski definition) is 4. The summed E-state index contributed by atoms with van der Waals surface area (Å²) in [5.74, 6) is 0. The van der Waals surface area contributed by atoms with Gasteiger partial charge in [-0.1, -0.05) is 0 Å². The summed E-state index contributed by atoms with van der Waals surface area (Å²) < 4.78 is 5.13. The first-order valence-corrected chi connectivity index (χ1v) is 4.71. The Morgan fingerprint density at radius 2 is 2.44 bits per heavy atom. The zero-order valence-electron chi connectivity index (χ0n) is 4.92. The lowest BCUT2D eigenvalue weighted by Crippen LogP contribution is -1.89. The van der Waals surface area contributed by atoms with Crippen molar-refractivity contribution in [1.82, 2.24) is 0 Å². The van der Waals surface area contributed by atoms with Gasteiger partial charge in [-0.25, -0.2) is 0 Å². The fraction of sp³-hybridized carbons (Fsp3) is 0.400. The van der Waals surface area contributed by atoms with Crippen LogP contribution in [0.25, 0.3) is 0 Å². The lowest BCUT2D eigenvalue weighted by atomic mass is 10.7. The monoisotopic (exact) mass is 162 g/mol. The second kappa shape index (κ2) is 2.98. The van der Waals surface area contributed by atoms with Crippen molar-refractivity contribution in [2.24, 2.45) is 0 Å². The molecule has 1 rings (SSSR count). The van der Waals surface area contributed by atoms with Crippen molar-refractivity contribution in [3.8, 4) is 5.06 Å². The average molecular weight is 162 g/mol. The Hall–Kier alpha value is -0.350. The summed E-state index contributed by atoms with van der Waals surface area (Å²) in [7, 11) is 2.59. The Morgan fingerprint density at radius 3 is 2.89 bits per heavy atom. The van der Waals surface area contributed by atoms with Crippen LogP contribution in [0.2, 0.25) is 0 Å². The predicted molar refractivity (Wildman–Crippen MR) is 39.6 cm³/mol. The molecule has 0 aromatic carbocycles. The summed E-state index contributed by atoms with van der Waals surface area (Å²) in [4.78, 5) is 10.5. The molecule has 0 atom stereocenters. The van der Waals surface area contributed by atoms with Crippen molar-refractivity contribution in [2.45, 2.75) is 6.92 Å². The van der Waals surface area contributed by atoms with Gasteiger partial charge >= 0.3 is 0 Å². The quantitative estimate of drug-likeness (QED) is 0.617. The van der Waals surface area contributed by atoms with Crippen molar-refractivity contribution >= 4 is 20.7 Å². The van der Waals surface area contributed by atoms with Gasteiger partial charge in [0.2, 0.25) is 4.74 Å². The van der Waals surface area contributed by atoms with Crippen molar-refractivity contribution in [1.29, 1.82) is 0 Å². The van der Waals surface area contributed by atoms with E-state index in [1.54, 1.807) is 0 Å². The van der Waals surface area contributed by atoms with E-state index in [9.17, 15) is 4.79 Å². The summed E-state index contributed by atoms with van der Waals surface area (Å²) in [6.07, 6.45) is 0. The lowest BCUT2D eigenvalue weighted by molar-refractivity contribution is 0.350. The number of hydrogen-bond donors (Lipinski definition) is 0. The summed E-state index contributed by atoms with van der Waals surface area (Å²) in [6.45, 7) is 2.53. The largest absolute Gasteiger partial charge is 0.483 e. The van der Waals surface area contributed by atoms with Crippen LogP contribution in [0.1, 0.15) is 6.92 Å². The molecule has 0 spiro atoms. The van der Waals surface area contributed by atoms with Crippen LogP contribution in [0.5, 0.6) is 5.06 Å². The molecule has 0 aliphatic carbocycles. The molecule has 0 aliphatic heterocycles. The standard InChI is InChI=1S/C5H6O2S2/c1-2-7-5-3-4(6)8-9-5/h3H,2H2,1H3. The molecule has 0 bridgehead atoms. The average Bonchev–Trinajstić information content (AvgIpc) is 2.17. The maximum atomic E-state index is 10.5. The molecule has 0 saturated carbocycles. The first-order valence-electron chi connectivity index (χ1n) is 2.56. The van der Waals surface area contributed by atoms with Crippen LogP contribution in [-0.4, -0.2) is 6.61 Å². The molecule has 1 aromatic rings. The molecule has 0 saturated heterocycles. The molecule has 1 heterocycles. The van der Waals surface area contributed by atoms with E-state index >= 15 is 0 Å². The lowest BCUT2D eigenvalue weighted by Gasteiger charge is -1.92. The van der Waals surface area contributed by atoms with E-state index < -0.39 is 0 Å². The molecule has 0 fully saturated rings. The van der Waals surface area contributed by atoms with Gasteiger partial charge in [-0.15, -0.1) is 0 Å². The minimum Gasteiger partial charge on any atom is -0.483 e. The summed E-state index contributed by atoms with van der Waals surface area (Å²) >= 11 is 0. The summed E-state index contributed by atoms with van der Waals surface area (Å²) in [6, 6.07) is 1.51. The Morgan fingerprint density at radius 1 is 1.67 bits per heavy atom. The van der Waals surface area contributed by atoms with Crippen LogP contribution in [0.3, 0.4) is 0 Å². The highest BCUT2D eigenvalue weighted by Crippen LogP contribution is 2.18. The SMILES string of the molecule is CCOc1cc(=O)ss1. The summed E-state index contributed by atoms with van der Waals surface area (Å²) in [5, 5.41) is 0.729. The topological polar surface area (TPSA) is 26.3 Å². The van der Waals surface area contributed by atoms with Gasteiger partial charge in [-0.2, -0.15) is 0 Å². The van der Waals surface area contributed by atoms with Gasteiger partial charge in [0.15, 0.2) is 5.06 Å². The highest BCUT2D eigenvalue weighted by Gasteiger charge is 1.94. The van der Waals surface area contributed by atoms with Crippen LogP contribution >= 0.6 is 20.7 Å². The molecule has 2 nitrogen and oxygen atoms in total. The second-order valence-electron chi connectivity index (χ2n) is 1.38. The Bertz CT molecular complexity index is 225. The zero-order chi connectivity index (χ0) is 6.69. The van der Waals surface area contributed by atoms with Crippen molar-refractivity contribution < 1.29 is 4.74 Å². The van der Waals surface area contributed by atoms with Gasteiger partial charge in [0, 0.05) is 0 Å². The molecular formula is C5H6O2S2. The van der Waals surface area contributed by atoms with Gasteiger partial charge in [-0.05, 0) is 27.6 Å². The minimum absolute atomic E-state index is 0.0726. The maximum Gasteiger partial charge on any atom is 0.246 e. The van der Waals surface area contributed by atoms with Gasteiger partial charge in [0.1, 0.15) is 0 Å².